The number of guanidine groups is 1. The number of halogens is 1. The van der Waals surface area contributed by atoms with Crippen LogP contribution in [-0.2, 0) is 4.79 Å². The van der Waals surface area contributed by atoms with Crippen LogP contribution in [0.4, 0.5) is 5.69 Å². The Bertz CT molecular complexity index is 578. The van der Waals surface area contributed by atoms with Crippen molar-refractivity contribution in [3.63, 3.8) is 0 Å². The van der Waals surface area contributed by atoms with Gasteiger partial charge in [-0.1, -0.05) is 23.6 Å². The van der Waals surface area contributed by atoms with Gasteiger partial charge in [-0.3, -0.25) is 9.79 Å². The molecule has 1 aromatic carbocycles. The van der Waals surface area contributed by atoms with E-state index < -0.39 is 0 Å². The van der Waals surface area contributed by atoms with E-state index >= 15 is 0 Å². The minimum Gasteiger partial charge on any atom is -0.357 e. The average molecular weight is 321 g/mol. The molecule has 118 valence electrons. The van der Waals surface area contributed by atoms with Gasteiger partial charge in [0.15, 0.2) is 5.96 Å². The van der Waals surface area contributed by atoms with Gasteiger partial charge in [-0.05, 0) is 31.5 Å². The first-order chi connectivity index (χ1) is 10.6. The molecule has 6 heteroatoms. The second-order valence-corrected chi connectivity index (χ2v) is 4.94. The van der Waals surface area contributed by atoms with Crippen LogP contribution >= 0.6 is 11.6 Å². The summed E-state index contributed by atoms with van der Waals surface area (Å²) in [5, 5.41) is 9.48. The van der Waals surface area contributed by atoms with Gasteiger partial charge in [0.05, 0.1) is 13.1 Å². The van der Waals surface area contributed by atoms with E-state index in [2.05, 4.69) is 26.9 Å². The SMILES string of the molecule is C#CCNC(=NCCC(=O)Nc1cccc(Cl)c1C)NCC. The van der Waals surface area contributed by atoms with E-state index in [4.69, 9.17) is 18.0 Å². The Labute approximate surface area is 136 Å². The summed E-state index contributed by atoms with van der Waals surface area (Å²) in [7, 11) is 0. The lowest BCUT2D eigenvalue weighted by Gasteiger charge is -2.10. The highest BCUT2D eigenvalue weighted by Gasteiger charge is 2.06. The normalized spacial score (nSPS) is 10.7. The van der Waals surface area contributed by atoms with Gasteiger partial charge in [0.1, 0.15) is 0 Å². The highest BCUT2D eigenvalue weighted by atomic mass is 35.5. The number of carbonyl (C=O) groups excluding carboxylic acids is 1. The van der Waals surface area contributed by atoms with Crippen LogP contribution in [0.2, 0.25) is 5.02 Å². The Morgan fingerprint density at radius 3 is 2.86 bits per heavy atom. The summed E-state index contributed by atoms with van der Waals surface area (Å²) in [6, 6.07) is 5.41. The van der Waals surface area contributed by atoms with Gasteiger partial charge in [0, 0.05) is 23.7 Å². The molecule has 0 saturated carbocycles. The average Bonchev–Trinajstić information content (AvgIpc) is 2.49. The van der Waals surface area contributed by atoms with Crippen molar-refractivity contribution < 1.29 is 4.79 Å². The number of amides is 1. The molecule has 22 heavy (non-hydrogen) atoms. The number of benzene rings is 1. The topological polar surface area (TPSA) is 65.5 Å². The van der Waals surface area contributed by atoms with Crippen molar-refractivity contribution in [2.45, 2.75) is 20.3 Å². The summed E-state index contributed by atoms with van der Waals surface area (Å²) in [4.78, 5) is 16.2. The van der Waals surface area contributed by atoms with Crippen LogP contribution in [0, 0.1) is 19.3 Å². The lowest BCUT2D eigenvalue weighted by molar-refractivity contribution is -0.116. The van der Waals surface area contributed by atoms with Crippen molar-refractivity contribution in [2.24, 2.45) is 4.99 Å². The molecule has 1 aromatic rings. The monoisotopic (exact) mass is 320 g/mol. The molecular formula is C16H21ClN4O. The zero-order valence-electron chi connectivity index (χ0n) is 12.9. The molecule has 0 aliphatic rings. The lowest BCUT2D eigenvalue weighted by Crippen LogP contribution is -2.37. The number of anilines is 1. The fraction of sp³-hybridized carbons (Fsp3) is 0.375. The highest BCUT2D eigenvalue weighted by molar-refractivity contribution is 6.31. The Hall–Kier alpha value is -2.19. The molecule has 0 aromatic heterocycles. The minimum atomic E-state index is -0.109. The van der Waals surface area contributed by atoms with Crippen molar-refractivity contribution in [1.82, 2.24) is 10.6 Å². The summed E-state index contributed by atoms with van der Waals surface area (Å²) in [5.41, 5.74) is 1.57. The molecule has 0 bridgehead atoms. The van der Waals surface area contributed by atoms with Crippen LogP contribution in [0.1, 0.15) is 18.9 Å². The number of nitrogens with one attached hydrogen (secondary N) is 3. The summed E-state index contributed by atoms with van der Waals surface area (Å²) < 4.78 is 0. The van der Waals surface area contributed by atoms with E-state index in [9.17, 15) is 4.79 Å². The highest BCUT2D eigenvalue weighted by Crippen LogP contribution is 2.22. The maximum atomic E-state index is 11.9. The molecule has 0 saturated heterocycles. The minimum absolute atomic E-state index is 0.109. The largest absolute Gasteiger partial charge is 0.357 e. The van der Waals surface area contributed by atoms with Crippen molar-refractivity contribution in [1.29, 1.82) is 0 Å². The van der Waals surface area contributed by atoms with Gasteiger partial charge in [0.25, 0.3) is 0 Å². The third-order valence-electron chi connectivity index (χ3n) is 2.85. The molecule has 0 unspecified atom stereocenters. The Kier molecular flexibility index (Phi) is 7.87. The third kappa shape index (κ3) is 6.06. The zero-order valence-corrected chi connectivity index (χ0v) is 13.6. The number of rotatable bonds is 6. The van der Waals surface area contributed by atoms with Gasteiger partial charge >= 0.3 is 0 Å². The maximum Gasteiger partial charge on any atom is 0.226 e. The molecule has 0 aliphatic heterocycles. The standard InChI is InChI=1S/C16H21ClN4O/c1-4-10-19-16(18-5-2)20-11-9-15(22)21-14-8-6-7-13(17)12(14)3/h1,6-8H,5,9-11H2,2-3H3,(H,21,22)(H2,18,19,20). The molecular weight excluding hydrogens is 300 g/mol. The van der Waals surface area contributed by atoms with Crippen LogP contribution in [0.25, 0.3) is 0 Å². The van der Waals surface area contributed by atoms with Crippen LogP contribution in [0.3, 0.4) is 0 Å². The molecule has 1 rings (SSSR count). The van der Waals surface area contributed by atoms with Crippen LogP contribution in [-0.4, -0.2) is 31.5 Å². The quantitative estimate of drug-likeness (QED) is 0.427. The fourth-order valence-electron chi connectivity index (χ4n) is 1.70. The number of aliphatic imine (C=N–C) groups is 1. The first-order valence-electron chi connectivity index (χ1n) is 7.09. The Morgan fingerprint density at radius 1 is 1.41 bits per heavy atom. The number of hydrogen-bond donors (Lipinski definition) is 3. The van der Waals surface area contributed by atoms with E-state index in [1.54, 1.807) is 12.1 Å². The van der Waals surface area contributed by atoms with Crippen LogP contribution in [0.5, 0.6) is 0 Å². The molecule has 1 amide bonds. The van der Waals surface area contributed by atoms with Gasteiger partial charge in [0.2, 0.25) is 5.91 Å². The molecule has 0 atom stereocenters. The molecule has 0 heterocycles. The van der Waals surface area contributed by atoms with Gasteiger partial charge in [-0.2, -0.15) is 0 Å². The van der Waals surface area contributed by atoms with E-state index in [-0.39, 0.29) is 12.3 Å². The zero-order chi connectivity index (χ0) is 16.4. The molecule has 5 nitrogen and oxygen atoms in total. The van der Waals surface area contributed by atoms with Crippen molar-refractivity contribution in [3.05, 3.63) is 28.8 Å². The summed E-state index contributed by atoms with van der Waals surface area (Å²) in [5.74, 6) is 2.97. The smallest absolute Gasteiger partial charge is 0.226 e. The lowest BCUT2D eigenvalue weighted by atomic mass is 10.2. The molecule has 0 radical (unpaired) electrons. The first-order valence-corrected chi connectivity index (χ1v) is 7.46. The van der Waals surface area contributed by atoms with Gasteiger partial charge < -0.3 is 16.0 Å². The number of hydrogen-bond acceptors (Lipinski definition) is 2. The summed E-state index contributed by atoms with van der Waals surface area (Å²) >= 11 is 6.02. The van der Waals surface area contributed by atoms with Crippen molar-refractivity contribution in [3.8, 4) is 12.3 Å². The van der Waals surface area contributed by atoms with E-state index in [1.165, 1.54) is 0 Å². The molecule has 0 fully saturated rings. The maximum absolute atomic E-state index is 11.9. The number of carbonyl (C=O) groups is 1. The third-order valence-corrected chi connectivity index (χ3v) is 3.26. The van der Waals surface area contributed by atoms with Crippen LogP contribution in [0.15, 0.2) is 23.2 Å². The first kappa shape index (κ1) is 17.9. The number of terminal acetylenes is 1. The Morgan fingerprint density at radius 2 is 2.18 bits per heavy atom. The number of nitrogens with zero attached hydrogens (tertiary/aromatic N) is 1. The molecule has 0 aliphatic carbocycles. The summed E-state index contributed by atoms with van der Waals surface area (Å²) in [6.07, 6.45) is 5.47. The van der Waals surface area contributed by atoms with E-state index in [0.717, 1.165) is 17.8 Å². The van der Waals surface area contributed by atoms with E-state index in [1.807, 2.05) is 19.9 Å². The summed E-state index contributed by atoms with van der Waals surface area (Å²) in [6.45, 7) is 5.31. The predicted molar refractivity (Wildman–Crippen MR) is 92.3 cm³/mol. The molecule has 0 spiro atoms. The second kappa shape index (κ2) is 9.69. The van der Waals surface area contributed by atoms with Crippen molar-refractivity contribution in [2.75, 3.05) is 25.0 Å². The van der Waals surface area contributed by atoms with E-state index in [0.29, 0.717) is 24.1 Å². The van der Waals surface area contributed by atoms with Crippen LogP contribution < -0.4 is 16.0 Å². The second-order valence-electron chi connectivity index (χ2n) is 4.53. The van der Waals surface area contributed by atoms with Gasteiger partial charge in [-0.25, -0.2) is 0 Å². The van der Waals surface area contributed by atoms with Gasteiger partial charge in [-0.15, -0.1) is 6.42 Å². The molecule has 3 N–H and O–H groups in total. The predicted octanol–water partition coefficient (Wildman–Crippen LogP) is 2.17. The van der Waals surface area contributed by atoms with Crippen molar-refractivity contribution >= 4 is 29.2 Å². The Balaban J connectivity index is 2.51. The fourth-order valence-corrected chi connectivity index (χ4v) is 1.88.